The Kier molecular flexibility index (Phi) is 2.19. The Morgan fingerprint density at radius 2 is 1.47 bits per heavy atom. The van der Waals surface area contributed by atoms with Crippen LogP contribution < -0.4 is 5.22 Å². The molecule has 0 aliphatic heterocycles. The zero-order valence-corrected chi connectivity index (χ0v) is 10.5. The molecule has 0 radical (unpaired) electrons. The molecule has 3 aromatic rings. The predicted octanol–water partition coefficient (Wildman–Crippen LogP) is 4.13. The number of hydrogen-bond donors (Lipinski definition) is 0. The molecule has 0 saturated heterocycles. The minimum Gasteiger partial charge on any atom is -0.0798 e. The zero-order valence-electron chi connectivity index (χ0n) is 10.5. The lowest BCUT2D eigenvalue weighted by Crippen LogP contribution is -2.03. The first-order valence-electron chi connectivity index (χ1n) is 6.10. The van der Waals surface area contributed by atoms with Crippen LogP contribution in [0.4, 0.5) is 0 Å². The van der Waals surface area contributed by atoms with Crippen LogP contribution in [-0.4, -0.2) is 0 Å². The van der Waals surface area contributed by atoms with Gasteiger partial charge in [0.15, 0.2) is 0 Å². The molecular weight excluding hydrogens is 204 g/mol. The predicted molar refractivity (Wildman–Crippen MR) is 76.3 cm³/mol. The van der Waals surface area contributed by atoms with Gasteiger partial charge in [0, 0.05) is 0 Å². The smallest absolute Gasteiger partial charge is 0.00276 e. The maximum atomic E-state index is 2.25. The van der Waals surface area contributed by atoms with E-state index in [0.717, 1.165) is 0 Å². The van der Waals surface area contributed by atoms with Crippen molar-refractivity contribution in [2.24, 2.45) is 0 Å². The van der Waals surface area contributed by atoms with Gasteiger partial charge in [-0.3, -0.25) is 0 Å². The molecule has 0 heterocycles. The number of benzene rings is 3. The van der Waals surface area contributed by atoms with E-state index in [-0.39, 0.29) is 0 Å². The topological polar surface area (TPSA) is 0 Å². The highest BCUT2D eigenvalue weighted by atomic mass is 14.1. The first-order chi connectivity index (χ1) is 8.22. The van der Waals surface area contributed by atoms with Crippen LogP contribution >= 0.6 is 0 Å². The summed E-state index contributed by atoms with van der Waals surface area (Å²) in [5.41, 5.74) is 2.72. The summed E-state index contributed by atoms with van der Waals surface area (Å²) in [6, 6.07) is 13.4. The highest BCUT2D eigenvalue weighted by Gasteiger charge is 2.06. The average Bonchev–Trinajstić information content (AvgIpc) is 2.36. The van der Waals surface area contributed by atoms with Crippen LogP contribution in [0.1, 0.15) is 18.1 Å². The Labute approximate surface area is 102 Å². The molecule has 0 nitrogen and oxygen atoms in total. The molecule has 3 aromatic carbocycles. The molecule has 0 unspecified atom stereocenters. The van der Waals surface area contributed by atoms with Gasteiger partial charge in [0.2, 0.25) is 0 Å². The summed E-state index contributed by atoms with van der Waals surface area (Å²) in [6.07, 6.45) is 2.20. The molecule has 0 bridgehead atoms. The van der Waals surface area contributed by atoms with Crippen molar-refractivity contribution < 1.29 is 0 Å². The lowest BCUT2D eigenvalue weighted by Gasteiger charge is -2.11. The quantitative estimate of drug-likeness (QED) is 0.534. The van der Waals surface area contributed by atoms with Crippen molar-refractivity contribution in [1.29, 1.82) is 0 Å². The van der Waals surface area contributed by atoms with Gasteiger partial charge in [-0.25, -0.2) is 0 Å². The first-order valence-corrected chi connectivity index (χ1v) is 6.10. The molecule has 0 fully saturated rings. The van der Waals surface area contributed by atoms with Crippen molar-refractivity contribution in [1.82, 2.24) is 0 Å². The maximum absolute atomic E-state index is 2.25. The lowest BCUT2D eigenvalue weighted by molar-refractivity contribution is 1.50. The van der Waals surface area contributed by atoms with E-state index in [1.807, 2.05) is 0 Å². The van der Waals surface area contributed by atoms with Crippen LogP contribution in [0.25, 0.3) is 27.6 Å². The van der Waals surface area contributed by atoms with Gasteiger partial charge in [-0.2, -0.15) is 0 Å². The van der Waals surface area contributed by atoms with Crippen molar-refractivity contribution in [3.05, 3.63) is 52.7 Å². The second-order valence-electron chi connectivity index (χ2n) is 4.73. The van der Waals surface area contributed by atoms with E-state index in [2.05, 4.69) is 63.2 Å². The summed E-state index contributed by atoms with van der Waals surface area (Å²) < 4.78 is 0. The van der Waals surface area contributed by atoms with E-state index in [1.54, 1.807) is 0 Å². The summed E-state index contributed by atoms with van der Waals surface area (Å²) in [4.78, 5) is 0. The third-order valence-corrected chi connectivity index (χ3v) is 3.68. The fourth-order valence-corrected chi connectivity index (χ4v) is 2.74. The molecule has 0 amide bonds. The van der Waals surface area contributed by atoms with Crippen LogP contribution in [0.5, 0.6) is 0 Å². The molecular formula is C17H16. The van der Waals surface area contributed by atoms with Crippen molar-refractivity contribution in [2.75, 3.05) is 0 Å². The van der Waals surface area contributed by atoms with Gasteiger partial charge >= 0.3 is 0 Å². The molecule has 0 aliphatic carbocycles. The molecule has 0 heteroatoms. The average molecular weight is 220 g/mol. The molecule has 0 aromatic heterocycles. The second-order valence-corrected chi connectivity index (χ2v) is 4.73. The van der Waals surface area contributed by atoms with Gasteiger partial charge in [0.05, 0.1) is 0 Å². The molecule has 0 aliphatic rings. The Morgan fingerprint density at radius 3 is 2.18 bits per heavy atom. The number of hydrogen-bond acceptors (Lipinski definition) is 0. The van der Waals surface area contributed by atoms with Gasteiger partial charge in [0.1, 0.15) is 0 Å². The van der Waals surface area contributed by atoms with Gasteiger partial charge in [-0.15, -0.1) is 0 Å². The second kappa shape index (κ2) is 3.59. The summed E-state index contributed by atoms with van der Waals surface area (Å²) in [6.45, 7) is 6.49. The molecule has 3 rings (SSSR count). The third-order valence-electron chi connectivity index (χ3n) is 3.68. The first kappa shape index (κ1) is 10.3. The molecule has 84 valence electrons. The van der Waals surface area contributed by atoms with Crippen molar-refractivity contribution in [3.8, 4) is 0 Å². The Morgan fingerprint density at radius 1 is 0.765 bits per heavy atom. The Balaban J connectivity index is 2.76. The molecule has 0 saturated carbocycles. The Hall–Kier alpha value is -1.82. The van der Waals surface area contributed by atoms with Crippen molar-refractivity contribution in [2.45, 2.75) is 20.8 Å². The highest BCUT2D eigenvalue weighted by Crippen LogP contribution is 2.28. The van der Waals surface area contributed by atoms with E-state index >= 15 is 0 Å². The third kappa shape index (κ3) is 1.37. The highest BCUT2D eigenvalue weighted by molar-refractivity contribution is 6.12. The standard InChI is InChI=1S/C17H16/c1-4-13-9-10-15-11(2)5-7-14-8-6-12(3)16(13)17(14)15/h4-10H,1-3H3/b13-4-. The fourth-order valence-electron chi connectivity index (χ4n) is 2.74. The summed E-state index contributed by atoms with van der Waals surface area (Å²) >= 11 is 0. The van der Waals surface area contributed by atoms with E-state index in [9.17, 15) is 0 Å². The van der Waals surface area contributed by atoms with Crippen molar-refractivity contribution >= 4 is 27.6 Å². The summed E-state index contributed by atoms with van der Waals surface area (Å²) in [5.74, 6) is 0. The lowest BCUT2D eigenvalue weighted by atomic mass is 9.93. The fraction of sp³-hybridized carbons (Fsp3) is 0.176. The monoisotopic (exact) mass is 220 g/mol. The van der Waals surface area contributed by atoms with E-state index in [1.165, 1.54) is 37.9 Å². The Bertz CT molecular complexity index is 758. The van der Waals surface area contributed by atoms with Gasteiger partial charge in [-0.1, -0.05) is 42.5 Å². The van der Waals surface area contributed by atoms with Crippen LogP contribution in [0, 0.1) is 13.8 Å². The largest absolute Gasteiger partial charge is 0.0798 e. The molecule has 17 heavy (non-hydrogen) atoms. The molecule has 0 atom stereocenters. The number of rotatable bonds is 0. The van der Waals surface area contributed by atoms with Crippen LogP contribution in [-0.2, 0) is 0 Å². The molecule has 0 N–H and O–H groups in total. The minimum atomic E-state index is 1.34. The minimum absolute atomic E-state index is 1.34. The zero-order chi connectivity index (χ0) is 12.0. The van der Waals surface area contributed by atoms with Gasteiger partial charge < -0.3 is 0 Å². The maximum Gasteiger partial charge on any atom is -0.00276 e. The van der Waals surface area contributed by atoms with Gasteiger partial charge in [-0.05, 0) is 58.7 Å². The van der Waals surface area contributed by atoms with E-state index in [0.29, 0.717) is 0 Å². The van der Waals surface area contributed by atoms with Crippen molar-refractivity contribution in [3.63, 3.8) is 0 Å². The van der Waals surface area contributed by atoms with E-state index < -0.39 is 0 Å². The van der Waals surface area contributed by atoms with Crippen LogP contribution in [0.3, 0.4) is 0 Å². The van der Waals surface area contributed by atoms with E-state index in [4.69, 9.17) is 0 Å². The normalized spacial score (nSPS) is 12.8. The SMILES string of the molecule is C/C=c1/ccc2c(C)ccc3ccc(C)c1c32. The summed E-state index contributed by atoms with van der Waals surface area (Å²) in [5, 5.41) is 6.89. The molecule has 0 spiro atoms. The van der Waals surface area contributed by atoms with Crippen LogP contribution in [0.15, 0.2) is 36.4 Å². The van der Waals surface area contributed by atoms with Crippen LogP contribution in [0.2, 0.25) is 0 Å². The van der Waals surface area contributed by atoms with Gasteiger partial charge in [0.25, 0.3) is 0 Å². The summed E-state index contributed by atoms with van der Waals surface area (Å²) in [7, 11) is 0. The number of aryl methyl sites for hydroxylation is 2.